The summed E-state index contributed by atoms with van der Waals surface area (Å²) in [6.45, 7) is 4.44. The molecule has 3 rings (SSSR count). The maximum absolute atomic E-state index is 13.0. The van der Waals surface area contributed by atoms with Crippen LogP contribution in [0.4, 0.5) is 21.8 Å². The zero-order valence-corrected chi connectivity index (χ0v) is 14.6. The van der Waals surface area contributed by atoms with E-state index in [0.717, 1.165) is 17.0 Å². The number of hydrogen-bond donors (Lipinski definition) is 2. The van der Waals surface area contributed by atoms with E-state index in [1.54, 1.807) is 12.1 Å². The van der Waals surface area contributed by atoms with Crippen molar-refractivity contribution < 1.29 is 9.13 Å². The Kier molecular flexibility index (Phi) is 5.58. The number of nitrogens with one attached hydrogen (secondary N) is 2. The molecule has 26 heavy (non-hydrogen) atoms. The highest BCUT2D eigenvalue weighted by Gasteiger charge is 2.08. The summed E-state index contributed by atoms with van der Waals surface area (Å²) in [6.07, 6.45) is 1.59. The van der Waals surface area contributed by atoms with E-state index in [-0.39, 0.29) is 11.9 Å². The third-order valence-corrected chi connectivity index (χ3v) is 3.44. The van der Waals surface area contributed by atoms with Crippen molar-refractivity contribution in [2.45, 2.75) is 26.5 Å². The van der Waals surface area contributed by atoms with Crippen molar-refractivity contribution in [3.8, 4) is 5.75 Å². The molecule has 0 aliphatic rings. The fourth-order valence-corrected chi connectivity index (χ4v) is 2.28. The van der Waals surface area contributed by atoms with Crippen LogP contribution in [0.2, 0.25) is 0 Å². The van der Waals surface area contributed by atoms with E-state index in [9.17, 15) is 4.39 Å². The lowest BCUT2D eigenvalue weighted by Crippen LogP contribution is -2.09. The number of halogens is 1. The van der Waals surface area contributed by atoms with Crippen molar-refractivity contribution in [1.29, 1.82) is 0 Å². The first kappa shape index (κ1) is 17.6. The summed E-state index contributed by atoms with van der Waals surface area (Å²) < 4.78 is 18.7. The van der Waals surface area contributed by atoms with Gasteiger partial charge in [-0.15, -0.1) is 5.10 Å². The number of aromatic nitrogens is 3. The number of ether oxygens (including phenoxy) is 1. The van der Waals surface area contributed by atoms with Crippen LogP contribution in [0.25, 0.3) is 0 Å². The largest absolute Gasteiger partial charge is 0.489 e. The Balaban J connectivity index is 1.69. The molecule has 0 spiro atoms. The highest BCUT2D eigenvalue weighted by Crippen LogP contribution is 2.27. The molecule has 7 heteroatoms. The van der Waals surface area contributed by atoms with E-state index in [4.69, 9.17) is 4.74 Å². The quantitative estimate of drug-likeness (QED) is 0.665. The molecule has 2 aromatic carbocycles. The predicted octanol–water partition coefficient (Wildman–Crippen LogP) is 4.15. The van der Waals surface area contributed by atoms with E-state index < -0.39 is 0 Å². The van der Waals surface area contributed by atoms with Gasteiger partial charge in [-0.1, -0.05) is 24.3 Å². The van der Waals surface area contributed by atoms with Gasteiger partial charge < -0.3 is 15.4 Å². The Morgan fingerprint density at radius 1 is 1.08 bits per heavy atom. The second-order valence-electron chi connectivity index (χ2n) is 5.93. The Labute approximate surface area is 151 Å². The topological polar surface area (TPSA) is 72.0 Å². The first-order valence-electron chi connectivity index (χ1n) is 8.31. The molecule has 0 bridgehead atoms. The van der Waals surface area contributed by atoms with Gasteiger partial charge >= 0.3 is 0 Å². The van der Waals surface area contributed by atoms with E-state index in [2.05, 4.69) is 25.8 Å². The fourth-order valence-electron chi connectivity index (χ4n) is 2.28. The molecule has 1 aromatic heterocycles. The zero-order valence-electron chi connectivity index (χ0n) is 14.6. The van der Waals surface area contributed by atoms with E-state index in [0.29, 0.717) is 18.3 Å². The van der Waals surface area contributed by atoms with Gasteiger partial charge in [-0.3, -0.25) is 0 Å². The van der Waals surface area contributed by atoms with E-state index >= 15 is 0 Å². The van der Waals surface area contributed by atoms with Gasteiger partial charge in [-0.2, -0.15) is 10.1 Å². The molecule has 2 N–H and O–H groups in total. The number of anilines is 3. The smallest absolute Gasteiger partial charge is 0.249 e. The van der Waals surface area contributed by atoms with Gasteiger partial charge in [0.05, 0.1) is 18.0 Å². The molecular weight excluding hydrogens is 333 g/mol. The second kappa shape index (κ2) is 8.24. The zero-order chi connectivity index (χ0) is 18.4. The summed E-state index contributed by atoms with van der Waals surface area (Å²) >= 11 is 0. The molecule has 0 amide bonds. The van der Waals surface area contributed by atoms with Gasteiger partial charge in [0.2, 0.25) is 5.95 Å². The van der Waals surface area contributed by atoms with Gasteiger partial charge in [0.1, 0.15) is 11.6 Å². The summed E-state index contributed by atoms with van der Waals surface area (Å²) in [5.74, 6) is 1.38. The van der Waals surface area contributed by atoms with E-state index in [1.165, 1.54) is 18.3 Å². The molecule has 0 saturated heterocycles. The predicted molar refractivity (Wildman–Crippen MR) is 99.0 cm³/mol. The number of nitrogens with zero attached hydrogens (tertiary/aromatic N) is 3. The highest BCUT2D eigenvalue weighted by molar-refractivity contribution is 5.62. The lowest BCUT2D eigenvalue weighted by molar-refractivity contribution is 0.244. The molecule has 0 aliphatic carbocycles. The van der Waals surface area contributed by atoms with Crippen LogP contribution in [0.3, 0.4) is 0 Å². The van der Waals surface area contributed by atoms with Crippen molar-refractivity contribution in [3.05, 3.63) is 66.1 Å². The first-order chi connectivity index (χ1) is 12.6. The molecule has 0 atom stereocenters. The minimum atomic E-state index is -0.258. The number of hydrogen-bond acceptors (Lipinski definition) is 6. The van der Waals surface area contributed by atoms with Crippen molar-refractivity contribution in [2.75, 3.05) is 10.6 Å². The van der Waals surface area contributed by atoms with Crippen LogP contribution in [-0.4, -0.2) is 21.3 Å². The number of rotatable bonds is 7. The number of benzene rings is 2. The summed E-state index contributed by atoms with van der Waals surface area (Å²) in [4.78, 5) is 4.40. The average molecular weight is 353 g/mol. The standard InChI is InChI=1S/C19H20FN5O/c1-13(2)26-17-6-4-3-5-16(17)23-19-24-18(12-22-25-19)21-11-14-7-9-15(20)10-8-14/h3-10,12-13H,11H2,1-2H3,(H2,21,23,24,25). The van der Waals surface area contributed by atoms with Gasteiger partial charge in [0.25, 0.3) is 0 Å². The molecule has 0 unspecified atom stereocenters. The summed E-state index contributed by atoms with van der Waals surface area (Å²) in [5, 5.41) is 14.2. The van der Waals surface area contributed by atoms with Crippen LogP contribution < -0.4 is 15.4 Å². The maximum atomic E-state index is 13.0. The van der Waals surface area contributed by atoms with Gasteiger partial charge in [0.15, 0.2) is 5.82 Å². The molecule has 134 valence electrons. The molecule has 3 aromatic rings. The molecular formula is C19H20FN5O. The molecule has 0 saturated carbocycles. The van der Waals surface area contributed by atoms with Crippen LogP contribution in [-0.2, 0) is 6.54 Å². The molecule has 0 fully saturated rings. The fraction of sp³-hybridized carbons (Fsp3) is 0.211. The molecule has 0 aliphatic heterocycles. The van der Waals surface area contributed by atoms with Gasteiger partial charge in [-0.05, 0) is 43.7 Å². The number of para-hydroxylation sites is 2. The van der Waals surface area contributed by atoms with Crippen LogP contribution in [0.5, 0.6) is 5.75 Å². The first-order valence-corrected chi connectivity index (χ1v) is 8.31. The summed E-state index contributed by atoms with van der Waals surface area (Å²) in [5.41, 5.74) is 1.70. The minimum absolute atomic E-state index is 0.0562. The van der Waals surface area contributed by atoms with Gasteiger partial charge in [0, 0.05) is 6.54 Å². The van der Waals surface area contributed by atoms with Crippen molar-refractivity contribution >= 4 is 17.5 Å². The lowest BCUT2D eigenvalue weighted by atomic mass is 10.2. The Morgan fingerprint density at radius 3 is 2.62 bits per heavy atom. The Morgan fingerprint density at radius 2 is 1.85 bits per heavy atom. The van der Waals surface area contributed by atoms with Crippen molar-refractivity contribution in [1.82, 2.24) is 15.2 Å². The minimum Gasteiger partial charge on any atom is -0.489 e. The molecule has 1 heterocycles. The third-order valence-electron chi connectivity index (χ3n) is 3.44. The molecule has 6 nitrogen and oxygen atoms in total. The maximum Gasteiger partial charge on any atom is 0.249 e. The lowest BCUT2D eigenvalue weighted by Gasteiger charge is -2.14. The SMILES string of the molecule is CC(C)Oc1ccccc1Nc1nncc(NCc2ccc(F)cc2)n1. The summed E-state index contributed by atoms with van der Waals surface area (Å²) in [7, 11) is 0. The second-order valence-corrected chi connectivity index (χ2v) is 5.93. The van der Waals surface area contributed by atoms with Crippen LogP contribution in [0, 0.1) is 5.82 Å². The Hall–Kier alpha value is -3.22. The Bertz CT molecular complexity index is 855. The highest BCUT2D eigenvalue weighted by atomic mass is 19.1. The average Bonchev–Trinajstić information content (AvgIpc) is 2.63. The van der Waals surface area contributed by atoms with Crippen molar-refractivity contribution in [3.63, 3.8) is 0 Å². The van der Waals surface area contributed by atoms with E-state index in [1.807, 2.05) is 38.1 Å². The van der Waals surface area contributed by atoms with Crippen LogP contribution in [0.1, 0.15) is 19.4 Å². The monoisotopic (exact) mass is 353 g/mol. The molecule has 0 radical (unpaired) electrons. The normalized spacial score (nSPS) is 10.6. The third kappa shape index (κ3) is 4.89. The van der Waals surface area contributed by atoms with Crippen LogP contribution in [0.15, 0.2) is 54.7 Å². The van der Waals surface area contributed by atoms with Gasteiger partial charge in [-0.25, -0.2) is 4.39 Å². The van der Waals surface area contributed by atoms with Crippen LogP contribution >= 0.6 is 0 Å². The van der Waals surface area contributed by atoms with Crippen molar-refractivity contribution in [2.24, 2.45) is 0 Å². The summed E-state index contributed by atoms with van der Waals surface area (Å²) in [6, 6.07) is 13.9.